The van der Waals surface area contributed by atoms with Crippen LogP contribution in [0.15, 0.2) is 47.5 Å². The minimum absolute atomic E-state index is 0.00506. The molecule has 2 aromatic rings. The molecule has 1 aromatic carbocycles. The fourth-order valence-electron chi connectivity index (χ4n) is 3.32. The lowest BCUT2D eigenvalue weighted by Gasteiger charge is -2.17. The van der Waals surface area contributed by atoms with Gasteiger partial charge in [0.1, 0.15) is 29.6 Å². The van der Waals surface area contributed by atoms with Crippen molar-refractivity contribution < 1.29 is 38.2 Å². The van der Waals surface area contributed by atoms with Gasteiger partial charge in [-0.2, -0.15) is 0 Å². The normalized spacial score (nSPS) is 12.0. The van der Waals surface area contributed by atoms with E-state index in [1.54, 1.807) is 20.8 Å². The number of esters is 1. The second kappa shape index (κ2) is 15.6. The third-order valence-electron chi connectivity index (χ3n) is 5.21. The maximum atomic E-state index is 12.7. The van der Waals surface area contributed by atoms with E-state index in [0.29, 0.717) is 19.4 Å². The predicted octanol–water partition coefficient (Wildman–Crippen LogP) is 2.36. The summed E-state index contributed by atoms with van der Waals surface area (Å²) >= 11 is 0. The first-order valence-corrected chi connectivity index (χ1v) is 12.8. The first kappa shape index (κ1) is 32.3. The molecule has 1 atom stereocenters. The van der Waals surface area contributed by atoms with E-state index < -0.39 is 47.6 Å². The number of methoxy groups -OCH3 is 1. The molecule has 1 heterocycles. The van der Waals surface area contributed by atoms with Gasteiger partial charge in [0.05, 0.1) is 7.11 Å². The Morgan fingerprint density at radius 1 is 0.976 bits per heavy atom. The zero-order valence-electron chi connectivity index (χ0n) is 23.4. The molecule has 0 aliphatic heterocycles. The lowest BCUT2D eigenvalue weighted by atomic mass is 10.1. The molecule has 14 nitrogen and oxygen atoms in total. The first-order chi connectivity index (χ1) is 19.4. The van der Waals surface area contributed by atoms with E-state index in [1.165, 1.54) is 19.2 Å². The summed E-state index contributed by atoms with van der Waals surface area (Å²) in [6.45, 7) is 5.41. The van der Waals surface area contributed by atoms with Crippen molar-refractivity contribution in [2.24, 2.45) is 10.7 Å². The molecular formula is C27H36N6O8. The molecule has 0 fully saturated rings. The van der Waals surface area contributed by atoms with Gasteiger partial charge in [-0.15, -0.1) is 4.99 Å². The summed E-state index contributed by atoms with van der Waals surface area (Å²) in [6.07, 6.45) is -0.299. The zero-order chi connectivity index (χ0) is 30.4. The maximum absolute atomic E-state index is 12.7. The van der Waals surface area contributed by atoms with E-state index >= 15 is 0 Å². The van der Waals surface area contributed by atoms with E-state index in [4.69, 9.17) is 19.9 Å². The highest BCUT2D eigenvalue weighted by Crippen LogP contribution is 2.09. The highest BCUT2D eigenvalue weighted by Gasteiger charge is 2.23. The molecule has 6 N–H and O–H groups in total. The molecule has 0 bridgehead atoms. The summed E-state index contributed by atoms with van der Waals surface area (Å²) in [5.41, 5.74) is 5.61. The fraction of sp³-hybridized carbons (Fsp3) is 0.407. The molecular weight excluding hydrogens is 536 g/mol. The first-order valence-electron chi connectivity index (χ1n) is 12.8. The number of alkyl carbamates (subject to hydrolysis) is 1. The number of benzene rings is 1. The van der Waals surface area contributed by atoms with Gasteiger partial charge in [-0.3, -0.25) is 14.9 Å². The van der Waals surface area contributed by atoms with Gasteiger partial charge < -0.3 is 35.6 Å². The van der Waals surface area contributed by atoms with Gasteiger partial charge in [0.25, 0.3) is 11.8 Å². The molecule has 14 heteroatoms. The number of unbranched alkanes of at least 4 members (excludes halogenated alkanes) is 1. The van der Waals surface area contributed by atoms with Crippen LogP contribution in [0.3, 0.4) is 0 Å². The third-order valence-corrected chi connectivity index (χ3v) is 5.21. The van der Waals surface area contributed by atoms with Gasteiger partial charge in [0, 0.05) is 6.54 Å². The van der Waals surface area contributed by atoms with Crippen molar-refractivity contribution in [1.29, 1.82) is 0 Å². The number of rotatable bonds is 11. The molecule has 0 aliphatic rings. The van der Waals surface area contributed by atoms with Crippen LogP contribution in [0.1, 0.15) is 66.6 Å². The Bertz CT molecular complexity index is 1240. The quantitative estimate of drug-likeness (QED) is 0.0880. The molecule has 0 radical (unpaired) electrons. The molecule has 1 aromatic heterocycles. The van der Waals surface area contributed by atoms with Gasteiger partial charge >= 0.3 is 18.2 Å². The number of aliphatic imine (C=N–C) groups is 1. The van der Waals surface area contributed by atoms with E-state index in [9.17, 15) is 24.0 Å². The lowest BCUT2D eigenvalue weighted by molar-refractivity contribution is -0.143. The van der Waals surface area contributed by atoms with Gasteiger partial charge in [0.15, 0.2) is 0 Å². The Morgan fingerprint density at radius 3 is 2.27 bits per heavy atom. The summed E-state index contributed by atoms with van der Waals surface area (Å²) in [5, 5.41) is 7.41. The Balaban J connectivity index is 1.81. The lowest BCUT2D eigenvalue weighted by Crippen LogP contribution is -2.42. The topological polar surface area (TPSA) is 203 Å². The number of nitrogens with zero attached hydrogens (tertiary/aromatic N) is 1. The average Bonchev–Trinajstić information content (AvgIpc) is 3.41. The number of hydrogen-bond acceptors (Lipinski definition) is 8. The van der Waals surface area contributed by atoms with Crippen LogP contribution in [-0.2, 0) is 25.6 Å². The van der Waals surface area contributed by atoms with Gasteiger partial charge in [-0.05, 0) is 57.7 Å². The number of H-pyrrole nitrogens is 1. The van der Waals surface area contributed by atoms with Crippen molar-refractivity contribution in [3.63, 3.8) is 0 Å². The number of nitrogens with one attached hydrogen (secondary N) is 4. The number of carbonyl (C=O) groups excluding carboxylic acids is 5. The summed E-state index contributed by atoms with van der Waals surface area (Å²) in [5.74, 6) is -2.55. The largest absolute Gasteiger partial charge is 0.467 e. The molecule has 0 spiro atoms. The molecule has 41 heavy (non-hydrogen) atoms. The highest BCUT2D eigenvalue weighted by molar-refractivity contribution is 6.07. The van der Waals surface area contributed by atoms with Crippen molar-refractivity contribution >= 4 is 35.9 Å². The van der Waals surface area contributed by atoms with Crippen molar-refractivity contribution in [1.82, 2.24) is 20.9 Å². The van der Waals surface area contributed by atoms with Crippen LogP contribution in [0, 0.1) is 0 Å². The minimum Gasteiger partial charge on any atom is -0.467 e. The standard InChI is InChI=1S/C27H36N6O8/c1-27(2,3)41-26(38)33-24(28)32-22(35)19-14-13-18(30-19)21(34)31-20(23(36)39-4)12-8-9-15-29-25(37)40-16-17-10-6-5-7-11-17/h5-7,10-11,13-14,20,30H,8-9,12,15-16H2,1-4H3,(H,29,37)(H,31,34)(H3,28,32,33,35,38)/t20-/m0/s1. The van der Waals surface area contributed by atoms with Crippen LogP contribution in [0.25, 0.3) is 0 Å². The van der Waals surface area contributed by atoms with Crippen LogP contribution in [0.5, 0.6) is 0 Å². The Labute approximate surface area is 237 Å². The van der Waals surface area contributed by atoms with Crippen molar-refractivity contribution in [2.75, 3.05) is 13.7 Å². The highest BCUT2D eigenvalue weighted by atomic mass is 16.6. The fourth-order valence-corrected chi connectivity index (χ4v) is 3.32. The predicted molar refractivity (Wildman–Crippen MR) is 148 cm³/mol. The van der Waals surface area contributed by atoms with E-state index in [2.05, 4.69) is 25.9 Å². The minimum atomic E-state index is -0.977. The van der Waals surface area contributed by atoms with Crippen LogP contribution in [-0.4, -0.2) is 66.2 Å². The molecule has 222 valence electrons. The van der Waals surface area contributed by atoms with E-state index in [-0.39, 0.29) is 24.4 Å². The summed E-state index contributed by atoms with van der Waals surface area (Å²) in [6, 6.07) is 10.9. The Kier molecular flexibility index (Phi) is 12.3. The summed E-state index contributed by atoms with van der Waals surface area (Å²) in [7, 11) is 1.20. The summed E-state index contributed by atoms with van der Waals surface area (Å²) < 4.78 is 14.9. The number of aromatic amines is 1. The van der Waals surface area contributed by atoms with Crippen molar-refractivity contribution in [2.45, 2.75) is 58.3 Å². The second-order valence-electron chi connectivity index (χ2n) is 9.75. The summed E-state index contributed by atoms with van der Waals surface area (Å²) in [4.78, 5) is 66.9. The number of guanidine groups is 1. The van der Waals surface area contributed by atoms with Crippen molar-refractivity contribution in [3.05, 3.63) is 59.4 Å². The van der Waals surface area contributed by atoms with E-state index in [0.717, 1.165) is 5.56 Å². The van der Waals surface area contributed by atoms with E-state index in [1.807, 2.05) is 30.3 Å². The second-order valence-corrected chi connectivity index (χ2v) is 9.75. The molecule has 0 saturated heterocycles. The van der Waals surface area contributed by atoms with Crippen molar-refractivity contribution in [3.8, 4) is 0 Å². The number of hydrogen-bond donors (Lipinski definition) is 5. The monoisotopic (exact) mass is 572 g/mol. The molecule has 0 saturated carbocycles. The zero-order valence-corrected chi connectivity index (χ0v) is 23.4. The van der Waals surface area contributed by atoms with Gasteiger partial charge in [-0.1, -0.05) is 30.3 Å². The van der Waals surface area contributed by atoms with Crippen LogP contribution in [0.2, 0.25) is 0 Å². The number of carbonyl (C=O) groups is 5. The number of nitrogens with two attached hydrogens (primary N) is 1. The van der Waals surface area contributed by atoms with Crippen LogP contribution < -0.4 is 21.7 Å². The van der Waals surface area contributed by atoms with Crippen LogP contribution in [0.4, 0.5) is 9.59 Å². The Hall–Kier alpha value is -4.88. The average molecular weight is 573 g/mol. The van der Waals surface area contributed by atoms with Crippen LogP contribution >= 0.6 is 0 Å². The molecule has 0 aliphatic carbocycles. The van der Waals surface area contributed by atoms with Gasteiger partial charge in [0.2, 0.25) is 5.96 Å². The number of ether oxygens (including phenoxy) is 3. The maximum Gasteiger partial charge on any atom is 0.437 e. The Morgan fingerprint density at radius 2 is 1.63 bits per heavy atom. The third kappa shape index (κ3) is 12.2. The smallest absolute Gasteiger partial charge is 0.437 e. The molecule has 2 rings (SSSR count). The SMILES string of the molecule is COC(=O)[C@H](CCCCNC(=O)OCc1ccccc1)NC(=O)c1ccc(C(=O)N/C(N)=N\C(=O)OC(C)(C)C)[nH]1. The number of amides is 4. The molecule has 0 unspecified atom stereocenters. The van der Waals surface area contributed by atoms with Gasteiger partial charge in [-0.25, -0.2) is 14.4 Å². The number of aromatic nitrogens is 1. The molecule has 4 amide bonds.